The van der Waals surface area contributed by atoms with Gasteiger partial charge in [-0.1, -0.05) is 48.5 Å². The smallest absolute Gasteiger partial charge is 0.257 e. The Morgan fingerprint density at radius 3 is 2.45 bits per heavy atom. The maximum absolute atomic E-state index is 13.4. The number of nitrogens with zero attached hydrogens (tertiary/aromatic N) is 1. The molecule has 3 aromatic rings. The fourth-order valence-corrected chi connectivity index (χ4v) is 3.89. The Bertz CT molecular complexity index is 1050. The number of carbonyl (C=O) groups excluding carboxylic acids is 1. The average Bonchev–Trinajstić information content (AvgIpc) is 2.79. The van der Waals surface area contributed by atoms with Gasteiger partial charge in [-0.3, -0.25) is 4.79 Å². The lowest BCUT2D eigenvalue weighted by atomic mass is 10.0. The van der Waals surface area contributed by atoms with Crippen molar-refractivity contribution in [2.75, 3.05) is 19.0 Å². The van der Waals surface area contributed by atoms with Crippen molar-refractivity contribution in [3.05, 3.63) is 89.5 Å². The molecule has 0 fully saturated rings. The molecular weight excluding hydrogens is 388 g/mol. The molecule has 3 aromatic carbocycles. The summed E-state index contributed by atoms with van der Waals surface area (Å²) in [5.41, 5.74) is 3.68. The zero-order valence-electron chi connectivity index (χ0n) is 18.2. The van der Waals surface area contributed by atoms with Gasteiger partial charge in [-0.05, 0) is 55.7 Å². The monoisotopic (exact) mass is 416 g/mol. The fraction of sp³-hybridized carbons (Fsp3) is 0.269. The third-order valence-corrected chi connectivity index (χ3v) is 5.37. The molecule has 1 unspecified atom stereocenters. The van der Waals surface area contributed by atoms with Crippen LogP contribution in [0.1, 0.15) is 41.5 Å². The first-order valence-electron chi connectivity index (χ1n) is 10.6. The van der Waals surface area contributed by atoms with E-state index >= 15 is 0 Å². The largest absolute Gasteiger partial charge is 0.493 e. The van der Waals surface area contributed by atoms with Crippen LogP contribution in [0.25, 0.3) is 0 Å². The number of rotatable bonds is 7. The van der Waals surface area contributed by atoms with Crippen molar-refractivity contribution in [1.82, 2.24) is 4.90 Å². The molecule has 0 aromatic heterocycles. The van der Waals surface area contributed by atoms with E-state index in [4.69, 9.17) is 9.47 Å². The highest BCUT2D eigenvalue weighted by Gasteiger charge is 2.33. The van der Waals surface area contributed by atoms with Gasteiger partial charge in [-0.25, -0.2) is 0 Å². The van der Waals surface area contributed by atoms with E-state index in [1.54, 1.807) is 7.11 Å². The van der Waals surface area contributed by atoms with Crippen molar-refractivity contribution >= 4 is 11.6 Å². The lowest BCUT2D eigenvalue weighted by Gasteiger charge is -2.38. The third-order valence-electron chi connectivity index (χ3n) is 5.37. The molecule has 1 aliphatic heterocycles. The zero-order chi connectivity index (χ0) is 21.8. The minimum atomic E-state index is -0.298. The van der Waals surface area contributed by atoms with Crippen LogP contribution in [-0.4, -0.2) is 30.6 Å². The van der Waals surface area contributed by atoms with Crippen LogP contribution in [0, 0.1) is 0 Å². The van der Waals surface area contributed by atoms with Crippen molar-refractivity contribution in [3.8, 4) is 11.5 Å². The number of hydrogen-bond donors (Lipinski definition) is 1. The molecule has 0 spiro atoms. The first-order valence-corrected chi connectivity index (χ1v) is 10.6. The van der Waals surface area contributed by atoms with Gasteiger partial charge in [0.15, 0.2) is 11.5 Å². The van der Waals surface area contributed by atoms with E-state index in [0.29, 0.717) is 23.6 Å². The van der Waals surface area contributed by atoms with Crippen LogP contribution in [0.5, 0.6) is 11.5 Å². The summed E-state index contributed by atoms with van der Waals surface area (Å²) < 4.78 is 11.4. The molecule has 5 heteroatoms. The molecule has 4 rings (SSSR count). The highest BCUT2D eigenvalue weighted by atomic mass is 16.5. The van der Waals surface area contributed by atoms with Gasteiger partial charge in [0, 0.05) is 12.2 Å². The average molecular weight is 417 g/mol. The summed E-state index contributed by atoms with van der Waals surface area (Å²) in [7, 11) is 1.63. The number of benzene rings is 3. The summed E-state index contributed by atoms with van der Waals surface area (Å²) in [6.45, 7) is 4.56. The summed E-state index contributed by atoms with van der Waals surface area (Å²) in [5.74, 6) is 1.37. The number of amides is 1. The number of fused-ring (bicyclic) bond motifs is 1. The maximum Gasteiger partial charge on any atom is 0.257 e. The number of anilines is 1. The van der Waals surface area contributed by atoms with Crippen LogP contribution in [-0.2, 0) is 6.42 Å². The molecule has 1 atom stereocenters. The minimum absolute atomic E-state index is 0.0248. The van der Waals surface area contributed by atoms with Gasteiger partial charge < -0.3 is 19.7 Å². The molecular formula is C26H28N2O3. The molecule has 1 amide bonds. The Balaban J connectivity index is 1.68. The predicted molar refractivity (Wildman–Crippen MR) is 123 cm³/mol. The molecule has 0 saturated heterocycles. The SMILES string of the molecule is COc1cc(C2Nc3ccccc3C(=O)N2CCc2ccccc2)ccc1OC(C)C. The lowest BCUT2D eigenvalue weighted by Crippen LogP contribution is -2.44. The summed E-state index contributed by atoms with van der Waals surface area (Å²) in [4.78, 5) is 15.3. The van der Waals surface area contributed by atoms with Crippen molar-refractivity contribution < 1.29 is 14.3 Å². The Labute approximate surface area is 183 Å². The Morgan fingerprint density at radius 2 is 1.71 bits per heavy atom. The molecule has 31 heavy (non-hydrogen) atoms. The first kappa shape index (κ1) is 20.8. The topological polar surface area (TPSA) is 50.8 Å². The van der Waals surface area contributed by atoms with Crippen LogP contribution in [0.15, 0.2) is 72.8 Å². The maximum atomic E-state index is 13.4. The number of hydrogen-bond acceptors (Lipinski definition) is 4. The van der Waals surface area contributed by atoms with Crippen LogP contribution in [0.3, 0.4) is 0 Å². The number of carbonyl (C=O) groups is 1. The van der Waals surface area contributed by atoms with Crippen LogP contribution >= 0.6 is 0 Å². The lowest BCUT2D eigenvalue weighted by molar-refractivity contribution is 0.0685. The first-order chi connectivity index (χ1) is 15.1. The van der Waals surface area contributed by atoms with Gasteiger partial charge in [0.05, 0.1) is 18.8 Å². The molecule has 1 aliphatic rings. The molecule has 0 radical (unpaired) electrons. The second kappa shape index (κ2) is 9.13. The van der Waals surface area contributed by atoms with E-state index < -0.39 is 0 Å². The summed E-state index contributed by atoms with van der Waals surface area (Å²) >= 11 is 0. The Hall–Kier alpha value is -3.47. The van der Waals surface area contributed by atoms with Crippen molar-refractivity contribution in [2.24, 2.45) is 0 Å². The number of nitrogens with one attached hydrogen (secondary N) is 1. The van der Waals surface area contributed by atoms with Crippen molar-refractivity contribution in [3.63, 3.8) is 0 Å². The highest BCUT2D eigenvalue weighted by molar-refractivity contribution is 6.01. The summed E-state index contributed by atoms with van der Waals surface area (Å²) in [6, 6.07) is 23.7. The molecule has 5 nitrogen and oxygen atoms in total. The van der Waals surface area contributed by atoms with Crippen LogP contribution in [0.4, 0.5) is 5.69 Å². The molecule has 0 saturated carbocycles. The summed E-state index contributed by atoms with van der Waals surface area (Å²) in [6.07, 6.45) is 0.523. The van der Waals surface area contributed by atoms with E-state index in [9.17, 15) is 4.79 Å². The van der Waals surface area contributed by atoms with E-state index in [-0.39, 0.29) is 18.2 Å². The molecule has 0 aliphatic carbocycles. The fourth-order valence-electron chi connectivity index (χ4n) is 3.89. The van der Waals surface area contributed by atoms with Crippen molar-refractivity contribution in [2.45, 2.75) is 32.5 Å². The standard InChI is InChI=1S/C26H28N2O3/c1-18(2)31-23-14-13-20(17-24(23)30-3)25-27-22-12-8-7-11-21(22)26(29)28(25)16-15-19-9-5-4-6-10-19/h4-14,17-18,25,27H,15-16H2,1-3H3. The van der Waals surface area contributed by atoms with Gasteiger partial charge >= 0.3 is 0 Å². The Kier molecular flexibility index (Phi) is 6.12. The van der Waals surface area contributed by atoms with E-state index in [1.165, 1.54) is 5.56 Å². The number of para-hydroxylation sites is 1. The van der Waals surface area contributed by atoms with Gasteiger partial charge in [0.2, 0.25) is 0 Å². The summed E-state index contributed by atoms with van der Waals surface area (Å²) in [5, 5.41) is 3.55. The normalized spacial score (nSPS) is 15.4. The highest BCUT2D eigenvalue weighted by Crippen LogP contribution is 2.37. The van der Waals surface area contributed by atoms with Crippen LogP contribution in [0.2, 0.25) is 0 Å². The zero-order valence-corrected chi connectivity index (χ0v) is 18.2. The molecule has 160 valence electrons. The quantitative estimate of drug-likeness (QED) is 0.568. The minimum Gasteiger partial charge on any atom is -0.493 e. The number of ether oxygens (including phenoxy) is 2. The number of methoxy groups -OCH3 is 1. The van der Waals surface area contributed by atoms with E-state index in [0.717, 1.165) is 17.7 Å². The van der Waals surface area contributed by atoms with E-state index in [2.05, 4.69) is 17.4 Å². The molecule has 1 N–H and O–H groups in total. The molecule has 1 heterocycles. The van der Waals surface area contributed by atoms with Crippen LogP contribution < -0.4 is 14.8 Å². The third kappa shape index (κ3) is 4.50. The molecule has 0 bridgehead atoms. The predicted octanol–water partition coefficient (Wildman–Crippen LogP) is 5.29. The van der Waals surface area contributed by atoms with E-state index in [1.807, 2.05) is 79.4 Å². The van der Waals surface area contributed by atoms with Gasteiger partial charge in [0.1, 0.15) is 6.17 Å². The van der Waals surface area contributed by atoms with Gasteiger partial charge in [-0.2, -0.15) is 0 Å². The van der Waals surface area contributed by atoms with Gasteiger partial charge in [-0.15, -0.1) is 0 Å². The second-order valence-electron chi connectivity index (χ2n) is 7.90. The van der Waals surface area contributed by atoms with Crippen molar-refractivity contribution in [1.29, 1.82) is 0 Å². The Morgan fingerprint density at radius 1 is 0.968 bits per heavy atom. The second-order valence-corrected chi connectivity index (χ2v) is 7.90. The van der Waals surface area contributed by atoms with Gasteiger partial charge in [0.25, 0.3) is 5.91 Å².